The van der Waals surface area contributed by atoms with E-state index in [-0.39, 0.29) is 5.91 Å². The van der Waals surface area contributed by atoms with E-state index in [1.165, 1.54) is 102 Å². The Morgan fingerprint density at radius 3 is 1.89 bits per heavy atom. The zero-order chi connectivity index (χ0) is 19.5. The number of carbonyl (C=O) groups is 1. The fourth-order valence-corrected chi connectivity index (χ4v) is 5.58. The molecular weight excluding hydrogens is 330 g/mol. The monoisotopic (exact) mass is 375 g/mol. The first-order valence-electron chi connectivity index (χ1n) is 12.0. The fraction of sp³-hybridized carbons (Fsp3) is 0.880. The summed E-state index contributed by atoms with van der Waals surface area (Å²) in [5.41, 5.74) is 0. The molecule has 2 fully saturated rings. The molecule has 2 aliphatic carbocycles. The molecular formula is C25H45NO. The van der Waals surface area contributed by atoms with E-state index in [4.69, 9.17) is 0 Å². The normalized spacial score (nSPS) is 28.7. The van der Waals surface area contributed by atoms with Crippen molar-refractivity contribution in [3.63, 3.8) is 0 Å². The minimum atomic E-state index is 0.0609. The number of likely N-dealkylation sites (N-methyl/N-ethyl adjacent to an activating group) is 1. The third-order valence-electron chi connectivity index (χ3n) is 7.59. The lowest BCUT2D eigenvalue weighted by molar-refractivity contribution is -0.124. The van der Waals surface area contributed by atoms with Crippen LogP contribution in [0, 0.1) is 23.7 Å². The van der Waals surface area contributed by atoms with Gasteiger partial charge in [0.15, 0.2) is 0 Å². The molecule has 0 aromatic heterocycles. The first-order chi connectivity index (χ1) is 13.1. The third kappa shape index (κ3) is 8.00. The first kappa shape index (κ1) is 22.5. The molecule has 0 radical (unpaired) electrons. The SMILES string of the molecule is C=CC(=O)N(C)CCC1CCC(C2CCC(CCCCCCC)CC2)CC1. The summed E-state index contributed by atoms with van der Waals surface area (Å²) in [6.07, 6.45) is 23.0. The maximum atomic E-state index is 11.6. The van der Waals surface area contributed by atoms with Crippen LogP contribution in [0.25, 0.3) is 0 Å². The summed E-state index contributed by atoms with van der Waals surface area (Å²) in [7, 11) is 1.90. The summed E-state index contributed by atoms with van der Waals surface area (Å²) in [5, 5.41) is 0. The molecule has 0 atom stereocenters. The highest BCUT2D eigenvalue weighted by atomic mass is 16.2. The Bertz CT molecular complexity index is 416. The molecule has 156 valence electrons. The number of hydrogen-bond acceptors (Lipinski definition) is 1. The van der Waals surface area contributed by atoms with Gasteiger partial charge in [0.2, 0.25) is 5.91 Å². The van der Waals surface area contributed by atoms with Gasteiger partial charge in [-0.15, -0.1) is 0 Å². The Morgan fingerprint density at radius 2 is 1.37 bits per heavy atom. The molecule has 0 unspecified atom stereocenters. The predicted octanol–water partition coefficient (Wildman–Crippen LogP) is 6.99. The van der Waals surface area contributed by atoms with Crippen molar-refractivity contribution >= 4 is 5.91 Å². The van der Waals surface area contributed by atoms with Crippen LogP contribution in [0.3, 0.4) is 0 Å². The molecule has 0 heterocycles. The Labute approximate surface area is 169 Å². The molecule has 2 heteroatoms. The van der Waals surface area contributed by atoms with Gasteiger partial charge in [0.1, 0.15) is 0 Å². The zero-order valence-electron chi connectivity index (χ0n) is 18.3. The second-order valence-electron chi connectivity index (χ2n) is 9.52. The highest BCUT2D eigenvalue weighted by Crippen LogP contribution is 2.42. The van der Waals surface area contributed by atoms with Crippen molar-refractivity contribution in [3.8, 4) is 0 Å². The molecule has 0 spiro atoms. The van der Waals surface area contributed by atoms with Crippen LogP contribution >= 0.6 is 0 Å². The summed E-state index contributed by atoms with van der Waals surface area (Å²) in [6, 6.07) is 0. The molecule has 0 aromatic carbocycles. The summed E-state index contributed by atoms with van der Waals surface area (Å²) in [4.78, 5) is 13.4. The Morgan fingerprint density at radius 1 is 0.852 bits per heavy atom. The Hall–Kier alpha value is -0.790. The summed E-state index contributed by atoms with van der Waals surface area (Å²) < 4.78 is 0. The average molecular weight is 376 g/mol. The quantitative estimate of drug-likeness (QED) is 0.281. The third-order valence-corrected chi connectivity index (χ3v) is 7.59. The van der Waals surface area contributed by atoms with Crippen molar-refractivity contribution in [1.29, 1.82) is 0 Å². The standard InChI is InChI=1S/C25H45NO/c1-4-6-7-8-9-10-21-11-15-23(16-12-21)24-17-13-22(14-18-24)19-20-26(3)25(27)5-2/h5,21-24H,2,4,6-20H2,1,3H3. The first-order valence-corrected chi connectivity index (χ1v) is 12.0. The van der Waals surface area contributed by atoms with Gasteiger partial charge in [-0.3, -0.25) is 4.79 Å². The minimum absolute atomic E-state index is 0.0609. The van der Waals surface area contributed by atoms with E-state index in [9.17, 15) is 4.79 Å². The van der Waals surface area contributed by atoms with Crippen LogP contribution in [-0.4, -0.2) is 24.4 Å². The fourth-order valence-electron chi connectivity index (χ4n) is 5.58. The number of carbonyl (C=O) groups excluding carboxylic acids is 1. The maximum absolute atomic E-state index is 11.6. The molecule has 2 saturated carbocycles. The van der Waals surface area contributed by atoms with Crippen molar-refractivity contribution in [2.75, 3.05) is 13.6 Å². The molecule has 0 bridgehead atoms. The van der Waals surface area contributed by atoms with E-state index in [2.05, 4.69) is 13.5 Å². The molecule has 2 rings (SSSR count). The topological polar surface area (TPSA) is 20.3 Å². The highest BCUT2D eigenvalue weighted by Gasteiger charge is 2.30. The lowest BCUT2D eigenvalue weighted by Gasteiger charge is -2.38. The zero-order valence-corrected chi connectivity index (χ0v) is 18.3. The van der Waals surface area contributed by atoms with Gasteiger partial charge in [0.05, 0.1) is 0 Å². The maximum Gasteiger partial charge on any atom is 0.245 e. The summed E-state index contributed by atoms with van der Waals surface area (Å²) in [6.45, 7) is 6.78. The number of unbranched alkanes of at least 4 members (excludes halogenated alkanes) is 4. The largest absolute Gasteiger partial charge is 0.342 e. The molecule has 2 nitrogen and oxygen atoms in total. The van der Waals surface area contributed by atoms with E-state index in [0.29, 0.717) is 0 Å². The molecule has 0 aromatic rings. The second-order valence-corrected chi connectivity index (χ2v) is 9.52. The van der Waals surface area contributed by atoms with E-state index < -0.39 is 0 Å². The Balaban J connectivity index is 1.56. The average Bonchev–Trinajstić information content (AvgIpc) is 2.72. The minimum Gasteiger partial charge on any atom is -0.342 e. The van der Waals surface area contributed by atoms with Crippen molar-refractivity contribution < 1.29 is 4.79 Å². The summed E-state index contributed by atoms with van der Waals surface area (Å²) >= 11 is 0. The van der Waals surface area contributed by atoms with Crippen molar-refractivity contribution in [1.82, 2.24) is 4.90 Å². The van der Waals surface area contributed by atoms with Crippen LogP contribution in [-0.2, 0) is 4.79 Å². The molecule has 0 aliphatic heterocycles. The smallest absolute Gasteiger partial charge is 0.245 e. The van der Waals surface area contributed by atoms with Crippen LogP contribution in [0.1, 0.15) is 103 Å². The number of nitrogens with zero attached hydrogens (tertiary/aromatic N) is 1. The van der Waals surface area contributed by atoms with Gasteiger partial charge in [-0.2, -0.15) is 0 Å². The van der Waals surface area contributed by atoms with E-state index in [0.717, 1.165) is 30.2 Å². The van der Waals surface area contributed by atoms with Gasteiger partial charge in [-0.25, -0.2) is 0 Å². The van der Waals surface area contributed by atoms with Crippen molar-refractivity contribution in [2.45, 2.75) is 103 Å². The van der Waals surface area contributed by atoms with Gasteiger partial charge in [-0.05, 0) is 61.9 Å². The summed E-state index contributed by atoms with van der Waals surface area (Å²) in [5.74, 6) is 3.95. The van der Waals surface area contributed by atoms with Gasteiger partial charge >= 0.3 is 0 Å². The van der Waals surface area contributed by atoms with E-state index in [1.807, 2.05) is 11.9 Å². The van der Waals surface area contributed by atoms with Crippen LogP contribution in [0.5, 0.6) is 0 Å². The van der Waals surface area contributed by atoms with Crippen LogP contribution in [0.15, 0.2) is 12.7 Å². The van der Waals surface area contributed by atoms with Gasteiger partial charge in [0.25, 0.3) is 0 Å². The van der Waals surface area contributed by atoms with Gasteiger partial charge in [0, 0.05) is 13.6 Å². The molecule has 0 saturated heterocycles. The number of rotatable bonds is 11. The molecule has 27 heavy (non-hydrogen) atoms. The van der Waals surface area contributed by atoms with E-state index >= 15 is 0 Å². The van der Waals surface area contributed by atoms with Crippen molar-refractivity contribution in [2.24, 2.45) is 23.7 Å². The number of hydrogen-bond donors (Lipinski definition) is 0. The highest BCUT2D eigenvalue weighted by molar-refractivity contribution is 5.86. The van der Waals surface area contributed by atoms with Crippen LogP contribution in [0.4, 0.5) is 0 Å². The molecule has 0 N–H and O–H groups in total. The van der Waals surface area contributed by atoms with Crippen LogP contribution in [0.2, 0.25) is 0 Å². The lowest BCUT2D eigenvalue weighted by atomic mass is 9.68. The number of amides is 1. The Kier molecular flexibility index (Phi) is 10.5. The molecule has 2 aliphatic rings. The van der Waals surface area contributed by atoms with Gasteiger partial charge in [-0.1, -0.05) is 77.7 Å². The van der Waals surface area contributed by atoms with Crippen LogP contribution < -0.4 is 0 Å². The predicted molar refractivity (Wildman–Crippen MR) is 117 cm³/mol. The van der Waals surface area contributed by atoms with E-state index in [1.54, 1.807) is 0 Å². The lowest BCUT2D eigenvalue weighted by Crippen LogP contribution is -2.29. The van der Waals surface area contributed by atoms with Crippen molar-refractivity contribution in [3.05, 3.63) is 12.7 Å². The molecule has 1 amide bonds. The van der Waals surface area contributed by atoms with Gasteiger partial charge < -0.3 is 4.90 Å². The second kappa shape index (κ2) is 12.6.